The molecule has 3 aromatic rings. The summed E-state index contributed by atoms with van der Waals surface area (Å²) < 4.78 is 7.16. The van der Waals surface area contributed by atoms with Gasteiger partial charge in [0.25, 0.3) is 5.91 Å². The second-order valence-corrected chi connectivity index (χ2v) is 7.47. The molecule has 1 aromatic heterocycles. The lowest BCUT2D eigenvalue weighted by molar-refractivity contribution is 0.0349. The zero-order chi connectivity index (χ0) is 20.5. The molecule has 1 aliphatic rings. The van der Waals surface area contributed by atoms with Gasteiger partial charge in [0, 0.05) is 31.8 Å². The number of carbonyl (C=O) groups excluding carboxylic acids is 2. The van der Waals surface area contributed by atoms with Crippen molar-refractivity contribution in [1.82, 2.24) is 14.7 Å². The average Bonchev–Trinajstić information content (AvgIpc) is 3.29. The monoisotopic (exact) mass is 409 g/mol. The maximum absolute atomic E-state index is 12.8. The highest BCUT2D eigenvalue weighted by Crippen LogP contribution is 2.33. The van der Waals surface area contributed by atoms with Crippen LogP contribution in [-0.2, 0) is 4.74 Å². The molecule has 2 heterocycles. The topological polar surface area (TPSA) is 64.4 Å². The molecule has 4 rings (SSSR count). The van der Waals surface area contributed by atoms with Crippen LogP contribution in [-0.4, -0.2) is 40.1 Å². The zero-order valence-electron chi connectivity index (χ0n) is 16.1. The Hall–Kier alpha value is -3.12. The minimum atomic E-state index is -0.338. The van der Waals surface area contributed by atoms with Gasteiger partial charge in [0.05, 0.1) is 27.5 Å². The summed E-state index contributed by atoms with van der Waals surface area (Å²) in [4.78, 5) is 26.4. The second kappa shape index (κ2) is 7.72. The van der Waals surface area contributed by atoms with E-state index in [1.54, 1.807) is 34.8 Å². The van der Waals surface area contributed by atoms with Crippen molar-refractivity contribution in [2.75, 3.05) is 13.6 Å². The summed E-state index contributed by atoms with van der Waals surface area (Å²) >= 11 is 6.38. The molecular weight excluding hydrogens is 390 g/mol. The predicted molar refractivity (Wildman–Crippen MR) is 109 cm³/mol. The number of benzene rings is 2. The Labute approximate surface area is 173 Å². The van der Waals surface area contributed by atoms with Crippen LogP contribution in [0.2, 0.25) is 5.02 Å². The van der Waals surface area contributed by atoms with Gasteiger partial charge >= 0.3 is 5.97 Å². The number of hydrogen-bond acceptors (Lipinski definition) is 4. The van der Waals surface area contributed by atoms with Gasteiger partial charge in [-0.3, -0.25) is 4.79 Å². The standard InChI is InChI=1S/C22H20ClN3O3/c1-14-9-12-26(24-14)15-7-8-18(19(23)13-15)21(27)25(2)11-10-20-16-5-3-4-6-17(16)22(28)29-20/h3-9,12-13,20H,10-11H2,1-2H3. The van der Waals surface area contributed by atoms with Crippen molar-refractivity contribution < 1.29 is 14.3 Å². The molecule has 2 aromatic carbocycles. The molecule has 0 fully saturated rings. The number of cyclic esters (lactones) is 1. The van der Waals surface area contributed by atoms with Crippen molar-refractivity contribution in [2.24, 2.45) is 0 Å². The third-order valence-corrected chi connectivity index (χ3v) is 5.33. The highest BCUT2D eigenvalue weighted by Gasteiger charge is 2.30. The number of carbonyl (C=O) groups is 2. The first-order chi connectivity index (χ1) is 13.9. The van der Waals surface area contributed by atoms with Crippen LogP contribution in [0.15, 0.2) is 54.7 Å². The van der Waals surface area contributed by atoms with E-state index in [4.69, 9.17) is 16.3 Å². The largest absolute Gasteiger partial charge is 0.454 e. The molecule has 1 amide bonds. The van der Waals surface area contributed by atoms with Crippen LogP contribution in [0.1, 0.15) is 44.5 Å². The summed E-state index contributed by atoms with van der Waals surface area (Å²) in [6, 6.07) is 14.5. The predicted octanol–water partition coefficient (Wildman–Crippen LogP) is 4.21. The molecule has 148 valence electrons. The number of aromatic nitrogens is 2. The van der Waals surface area contributed by atoms with Gasteiger partial charge < -0.3 is 9.64 Å². The Morgan fingerprint density at radius 1 is 1.24 bits per heavy atom. The van der Waals surface area contributed by atoms with Crippen LogP contribution in [0.3, 0.4) is 0 Å². The number of aryl methyl sites for hydroxylation is 1. The molecule has 0 aliphatic carbocycles. The van der Waals surface area contributed by atoms with E-state index in [0.29, 0.717) is 29.1 Å². The highest BCUT2D eigenvalue weighted by molar-refractivity contribution is 6.34. The van der Waals surface area contributed by atoms with E-state index in [9.17, 15) is 9.59 Å². The summed E-state index contributed by atoms with van der Waals surface area (Å²) in [5.74, 6) is -0.497. The molecule has 0 spiro atoms. The molecule has 7 heteroatoms. The fourth-order valence-corrected chi connectivity index (χ4v) is 3.69. The molecule has 0 saturated carbocycles. The average molecular weight is 410 g/mol. The van der Waals surface area contributed by atoms with Crippen LogP contribution in [0.5, 0.6) is 0 Å². The van der Waals surface area contributed by atoms with Crippen molar-refractivity contribution in [3.8, 4) is 5.69 Å². The maximum atomic E-state index is 12.8. The Kier molecular flexibility index (Phi) is 5.11. The smallest absolute Gasteiger partial charge is 0.339 e. The molecule has 0 bridgehead atoms. The molecule has 1 aliphatic heterocycles. The van der Waals surface area contributed by atoms with Gasteiger partial charge in [-0.15, -0.1) is 0 Å². The van der Waals surface area contributed by atoms with E-state index in [1.165, 1.54) is 0 Å². The van der Waals surface area contributed by atoms with E-state index < -0.39 is 0 Å². The third kappa shape index (κ3) is 3.76. The first kappa shape index (κ1) is 19.2. The van der Waals surface area contributed by atoms with Gasteiger partial charge in [-0.1, -0.05) is 29.8 Å². The first-order valence-corrected chi connectivity index (χ1v) is 9.69. The van der Waals surface area contributed by atoms with E-state index in [1.807, 2.05) is 43.5 Å². The first-order valence-electron chi connectivity index (χ1n) is 9.31. The van der Waals surface area contributed by atoms with Crippen LogP contribution in [0.4, 0.5) is 0 Å². The lowest BCUT2D eigenvalue weighted by atomic mass is 10.0. The van der Waals surface area contributed by atoms with Crippen LogP contribution in [0, 0.1) is 6.92 Å². The number of esters is 1. The van der Waals surface area contributed by atoms with E-state index in [0.717, 1.165) is 16.9 Å². The maximum Gasteiger partial charge on any atom is 0.339 e. The van der Waals surface area contributed by atoms with Gasteiger partial charge in [0.2, 0.25) is 0 Å². The normalized spacial score (nSPS) is 15.1. The molecule has 0 radical (unpaired) electrons. The van der Waals surface area contributed by atoms with Crippen molar-refractivity contribution in [1.29, 1.82) is 0 Å². The quantitative estimate of drug-likeness (QED) is 0.592. The Balaban J connectivity index is 1.44. The van der Waals surface area contributed by atoms with E-state index >= 15 is 0 Å². The second-order valence-electron chi connectivity index (χ2n) is 7.06. The van der Waals surface area contributed by atoms with Crippen molar-refractivity contribution in [3.63, 3.8) is 0 Å². The van der Waals surface area contributed by atoms with Crippen LogP contribution in [0.25, 0.3) is 5.69 Å². The van der Waals surface area contributed by atoms with Crippen molar-refractivity contribution >= 4 is 23.5 Å². The fourth-order valence-electron chi connectivity index (χ4n) is 3.43. The number of amides is 1. The molecule has 6 nitrogen and oxygen atoms in total. The summed E-state index contributed by atoms with van der Waals surface area (Å²) in [6.07, 6.45) is 2.03. The lowest BCUT2D eigenvalue weighted by Gasteiger charge is -2.20. The molecule has 29 heavy (non-hydrogen) atoms. The molecule has 0 N–H and O–H groups in total. The Bertz CT molecular complexity index is 1090. The van der Waals surface area contributed by atoms with E-state index in [-0.39, 0.29) is 18.0 Å². The molecule has 1 unspecified atom stereocenters. The minimum Gasteiger partial charge on any atom is -0.454 e. The summed E-state index contributed by atoms with van der Waals surface area (Å²) in [6.45, 7) is 2.34. The molecule has 1 atom stereocenters. The summed E-state index contributed by atoms with van der Waals surface area (Å²) in [5, 5.41) is 4.72. The van der Waals surface area contributed by atoms with Crippen LogP contribution < -0.4 is 0 Å². The van der Waals surface area contributed by atoms with Crippen LogP contribution >= 0.6 is 11.6 Å². The zero-order valence-corrected chi connectivity index (χ0v) is 16.9. The molecular formula is C22H20ClN3O3. The van der Waals surface area contributed by atoms with Gasteiger partial charge in [-0.25, -0.2) is 9.48 Å². The third-order valence-electron chi connectivity index (χ3n) is 5.02. The number of halogens is 1. The SMILES string of the molecule is Cc1ccn(-c2ccc(C(=O)N(C)CCC3OC(=O)c4ccccc43)c(Cl)c2)n1. The number of nitrogens with zero attached hydrogens (tertiary/aromatic N) is 3. The summed E-state index contributed by atoms with van der Waals surface area (Å²) in [5.41, 5.74) is 3.58. The summed E-state index contributed by atoms with van der Waals surface area (Å²) in [7, 11) is 1.71. The Morgan fingerprint density at radius 2 is 2.03 bits per heavy atom. The van der Waals surface area contributed by atoms with E-state index in [2.05, 4.69) is 5.10 Å². The van der Waals surface area contributed by atoms with Gasteiger partial charge in [0.15, 0.2) is 0 Å². The lowest BCUT2D eigenvalue weighted by Crippen LogP contribution is -2.29. The minimum absolute atomic E-state index is 0.184. The fraction of sp³-hybridized carbons (Fsp3) is 0.227. The van der Waals surface area contributed by atoms with Crippen molar-refractivity contribution in [3.05, 3.63) is 82.1 Å². The number of hydrogen-bond donors (Lipinski definition) is 0. The number of fused-ring (bicyclic) bond motifs is 1. The molecule has 0 saturated heterocycles. The van der Waals surface area contributed by atoms with Gasteiger partial charge in [-0.2, -0.15) is 5.10 Å². The number of ether oxygens (including phenoxy) is 1. The van der Waals surface area contributed by atoms with Gasteiger partial charge in [0.1, 0.15) is 6.10 Å². The van der Waals surface area contributed by atoms with Crippen molar-refractivity contribution in [2.45, 2.75) is 19.4 Å². The van der Waals surface area contributed by atoms with Gasteiger partial charge in [-0.05, 0) is 37.3 Å². The number of rotatable bonds is 5. The highest BCUT2D eigenvalue weighted by atomic mass is 35.5. The Morgan fingerprint density at radius 3 is 2.76 bits per heavy atom.